The lowest BCUT2D eigenvalue weighted by atomic mass is 10.1. The maximum Gasteiger partial charge on any atom is 0.153 e. The third-order valence-electron chi connectivity index (χ3n) is 3.51. The van der Waals surface area contributed by atoms with E-state index in [0.29, 0.717) is 12.2 Å². The maximum absolute atomic E-state index is 5.86. The molecule has 0 bridgehead atoms. The summed E-state index contributed by atoms with van der Waals surface area (Å²) in [6, 6.07) is 14.0. The lowest BCUT2D eigenvalue weighted by Crippen LogP contribution is -2.34. The van der Waals surface area contributed by atoms with E-state index in [1.54, 1.807) is 0 Å². The predicted molar refractivity (Wildman–Crippen MR) is 86.9 cm³/mol. The van der Waals surface area contributed by atoms with E-state index < -0.39 is 0 Å². The average molecular weight is 281 g/mol. The van der Waals surface area contributed by atoms with Crippen LogP contribution in [0, 0.1) is 6.92 Å². The van der Waals surface area contributed by atoms with Crippen molar-refractivity contribution in [1.82, 2.24) is 0 Å². The zero-order chi connectivity index (χ0) is 14.8. The molecule has 3 N–H and O–H groups in total. The molecule has 2 aromatic carbocycles. The minimum Gasteiger partial charge on any atom is -0.481 e. The maximum atomic E-state index is 5.86. The molecule has 0 aromatic heterocycles. The number of anilines is 2. The molecule has 0 saturated carbocycles. The molecule has 0 fully saturated rings. The van der Waals surface area contributed by atoms with Crippen LogP contribution in [0.15, 0.2) is 47.5 Å². The highest BCUT2D eigenvalue weighted by Gasteiger charge is 2.21. The van der Waals surface area contributed by atoms with Crippen LogP contribution in [0.25, 0.3) is 0 Å². The van der Waals surface area contributed by atoms with Gasteiger partial charge in [-0.1, -0.05) is 29.8 Å². The molecule has 0 spiro atoms. The van der Waals surface area contributed by atoms with Gasteiger partial charge in [0.25, 0.3) is 0 Å². The summed E-state index contributed by atoms with van der Waals surface area (Å²) < 4.78 is 5.86. The van der Waals surface area contributed by atoms with Crippen LogP contribution in [0.2, 0.25) is 0 Å². The van der Waals surface area contributed by atoms with E-state index in [4.69, 9.17) is 10.5 Å². The van der Waals surface area contributed by atoms with Crippen LogP contribution in [0.5, 0.6) is 5.75 Å². The van der Waals surface area contributed by atoms with Gasteiger partial charge in [0.1, 0.15) is 11.6 Å². The third kappa shape index (κ3) is 2.99. The normalized spacial score (nSPS) is 18.8. The number of aliphatic imine (C=N–C) groups is 1. The Hall–Kier alpha value is -2.49. The Kier molecular flexibility index (Phi) is 3.52. The van der Waals surface area contributed by atoms with Crippen LogP contribution in [-0.4, -0.2) is 11.9 Å². The van der Waals surface area contributed by atoms with Gasteiger partial charge in [0.05, 0.1) is 12.2 Å². The monoisotopic (exact) mass is 281 g/mol. The van der Waals surface area contributed by atoms with E-state index in [1.807, 2.05) is 25.1 Å². The Labute approximate surface area is 124 Å². The Morgan fingerprint density at radius 2 is 1.95 bits per heavy atom. The van der Waals surface area contributed by atoms with E-state index >= 15 is 0 Å². The van der Waals surface area contributed by atoms with Crippen molar-refractivity contribution in [2.24, 2.45) is 4.99 Å². The third-order valence-corrected chi connectivity index (χ3v) is 3.51. The molecule has 1 unspecified atom stereocenters. The highest BCUT2D eigenvalue weighted by Crippen LogP contribution is 2.31. The number of benzene rings is 2. The Balaban J connectivity index is 1.78. The second-order valence-corrected chi connectivity index (χ2v) is 5.33. The number of hydrogen-bond donors (Lipinski definition) is 2. The van der Waals surface area contributed by atoms with Crippen LogP contribution in [-0.2, 0) is 6.54 Å². The summed E-state index contributed by atoms with van der Waals surface area (Å²) in [5.74, 6) is 1.62. The van der Waals surface area contributed by atoms with Crippen molar-refractivity contribution in [3.05, 3.63) is 53.6 Å². The topological polar surface area (TPSA) is 59.6 Å². The molecule has 3 rings (SSSR count). The molecule has 4 nitrogen and oxygen atoms in total. The lowest BCUT2D eigenvalue weighted by Gasteiger charge is -2.26. The minimum absolute atomic E-state index is 0.107. The highest BCUT2D eigenvalue weighted by atomic mass is 16.5. The number of nitrogen functional groups attached to an aromatic ring is 1. The SMILES string of the molecule is Cc1ccc(CN=C2Nc3ccc(N)cc3OC2C)cc1. The first-order chi connectivity index (χ1) is 10.1. The van der Waals surface area contributed by atoms with E-state index in [2.05, 4.69) is 41.5 Å². The molecule has 2 aromatic rings. The zero-order valence-electron chi connectivity index (χ0n) is 12.3. The summed E-state index contributed by atoms with van der Waals surface area (Å²) in [7, 11) is 0. The van der Waals surface area contributed by atoms with E-state index in [1.165, 1.54) is 11.1 Å². The number of aryl methyl sites for hydroxylation is 1. The molecule has 0 saturated heterocycles. The van der Waals surface area contributed by atoms with Gasteiger partial charge in [0, 0.05) is 11.8 Å². The summed E-state index contributed by atoms with van der Waals surface area (Å²) >= 11 is 0. The molecular weight excluding hydrogens is 262 g/mol. The first-order valence-electron chi connectivity index (χ1n) is 7.05. The van der Waals surface area contributed by atoms with Gasteiger partial charge in [0.2, 0.25) is 0 Å². The lowest BCUT2D eigenvalue weighted by molar-refractivity contribution is 0.282. The molecule has 0 amide bonds. The van der Waals surface area contributed by atoms with E-state index in [9.17, 15) is 0 Å². The number of nitrogens with zero attached hydrogens (tertiary/aromatic N) is 1. The van der Waals surface area contributed by atoms with Crippen LogP contribution in [0.1, 0.15) is 18.1 Å². The van der Waals surface area contributed by atoms with Gasteiger partial charge >= 0.3 is 0 Å². The molecule has 1 atom stereocenters. The first kappa shape index (κ1) is 13.5. The molecule has 0 aliphatic carbocycles. The molecular formula is C17H19N3O. The van der Waals surface area contributed by atoms with Crippen LogP contribution in [0.3, 0.4) is 0 Å². The van der Waals surface area contributed by atoms with Gasteiger partial charge < -0.3 is 15.8 Å². The molecule has 0 radical (unpaired) electrons. The Morgan fingerprint density at radius 1 is 1.19 bits per heavy atom. The smallest absolute Gasteiger partial charge is 0.153 e. The second kappa shape index (κ2) is 5.48. The van der Waals surface area contributed by atoms with E-state index in [0.717, 1.165) is 17.3 Å². The second-order valence-electron chi connectivity index (χ2n) is 5.33. The summed E-state index contributed by atoms with van der Waals surface area (Å²) in [5, 5.41) is 3.33. The standard InChI is InChI=1S/C17H19N3O/c1-11-3-5-13(6-4-11)10-19-17-12(2)21-16-9-14(18)7-8-15(16)20-17/h3-9,12H,10,18H2,1-2H3,(H,19,20). The fourth-order valence-corrected chi connectivity index (χ4v) is 2.26. The van der Waals surface area contributed by atoms with Crippen molar-refractivity contribution in [3.63, 3.8) is 0 Å². The number of ether oxygens (including phenoxy) is 1. The molecule has 4 heteroatoms. The van der Waals surface area contributed by atoms with Crippen molar-refractivity contribution >= 4 is 17.2 Å². The molecule has 1 aliphatic heterocycles. The van der Waals surface area contributed by atoms with Crippen LogP contribution in [0.4, 0.5) is 11.4 Å². The fourth-order valence-electron chi connectivity index (χ4n) is 2.26. The quantitative estimate of drug-likeness (QED) is 0.830. The predicted octanol–water partition coefficient (Wildman–Crippen LogP) is 3.37. The Morgan fingerprint density at radius 3 is 2.71 bits per heavy atom. The largest absolute Gasteiger partial charge is 0.481 e. The summed E-state index contributed by atoms with van der Waals surface area (Å²) in [6.07, 6.45) is -0.107. The van der Waals surface area contributed by atoms with Gasteiger partial charge in [-0.2, -0.15) is 0 Å². The van der Waals surface area contributed by atoms with Crippen molar-refractivity contribution in [1.29, 1.82) is 0 Å². The van der Waals surface area contributed by atoms with Gasteiger partial charge in [-0.25, -0.2) is 0 Å². The minimum atomic E-state index is -0.107. The summed E-state index contributed by atoms with van der Waals surface area (Å²) in [6.45, 7) is 4.70. The van der Waals surface area contributed by atoms with Gasteiger partial charge in [-0.3, -0.25) is 4.99 Å². The number of nitrogens with two attached hydrogens (primary N) is 1. The van der Waals surface area contributed by atoms with Crippen LogP contribution >= 0.6 is 0 Å². The van der Waals surface area contributed by atoms with E-state index in [-0.39, 0.29) is 6.10 Å². The van der Waals surface area contributed by atoms with Crippen molar-refractivity contribution in [3.8, 4) is 5.75 Å². The highest BCUT2D eigenvalue weighted by molar-refractivity contribution is 6.01. The first-order valence-corrected chi connectivity index (χ1v) is 7.05. The number of amidine groups is 1. The molecule has 108 valence electrons. The number of nitrogens with one attached hydrogen (secondary N) is 1. The number of fused-ring (bicyclic) bond motifs is 1. The average Bonchev–Trinajstić information content (AvgIpc) is 2.47. The zero-order valence-corrected chi connectivity index (χ0v) is 12.3. The van der Waals surface area contributed by atoms with Gasteiger partial charge in [0.15, 0.2) is 6.10 Å². The van der Waals surface area contributed by atoms with Crippen molar-refractivity contribution in [2.45, 2.75) is 26.5 Å². The van der Waals surface area contributed by atoms with Crippen molar-refractivity contribution < 1.29 is 4.74 Å². The van der Waals surface area contributed by atoms with Gasteiger partial charge in [-0.15, -0.1) is 0 Å². The molecule has 1 aliphatic rings. The van der Waals surface area contributed by atoms with Gasteiger partial charge in [-0.05, 0) is 31.5 Å². The Bertz CT molecular complexity index is 677. The number of rotatable bonds is 2. The molecule has 21 heavy (non-hydrogen) atoms. The van der Waals surface area contributed by atoms with Crippen LogP contribution < -0.4 is 15.8 Å². The molecule has 1 heterocycles. The summed E-state index contributed by atoms with van der Waals surface area (Å²) in [4.78, 5) is 4.63. The number of hydrogen-bond acceptors (Lipinski definition) is 3. The fraction of sp³-hybridized carbons (Fsp3) is 0.235. The van der Waals surface area contributed by atoms with Crippen molar-refractivity contribution in [2.75, 3.05) is 11.1 Å². The summed E-state index contributed by atoms with van der Waals surface area (Å²) in [5.41, 5.74) is 9.82.